The van der Waals surface area contributed by atoms with Gasteiger partial charge >= 0.3 is 0 Å². The second-order valence-electron chi connectivity index (χ2n) is 3.64. The number of hydrogen-bond acceptors (Lipinski definition) is 4. The van der Waals surface area contributed by atoms with E-state index in [1.807, 2.05) is 42.5 Å². The molecule has 0 bridgehead atoms. The van der Waals surface area contributed by atoms with Gasteiger partial charge in [-0.25, -0.2) is 9.97 Å². The molecule has 2 N–H and O–H groups in total. The smallest absolute Gasteiger partial charge is 0.286 e. The van der Waals surface area contributed by atoms with Crippen LogP contribution < -0.4 is 5.73 Å². The molecule has 3 aromatic rings. The molecule has 5 heteroatoms. The first-order chi connectivity index (χ1) is 9.27. The van der Waals surface area contributed by atoms with E-state index in [4.69, 9.17) is 5.73 Å². The maximum Gasteiger partial charge on any atom is 0.286 e. The molecule has 0 fully saturated rings. The molecule has 2 heterocycles. The number of fused-ring (bicyclic) bond motifs is 1. The van der Waals surface area contributed by atoms with Crippen molar-refractivity contribution >= 4 is 16.8 Å². The number of aromatic nitrogens is 3. The van der Waals surface area contributed by atoms with Gasteiger partial charge in [0.15, 0.2) is 0 Å². The SMILES string of the molecule is NC(=O)c1ncc2ccccc2n1.c1ccncc1. The zero-order chi connectivity index (χ0) is 13.5. The third-order valence-corrected chi connectivity index (χ3v) is 2.28. The molecule has 19 heavy (non-hydrogen) atoms. The minimum Gasteiger partial charge on any atom is -0.363 e. The van der Waals surface area contributed by atoms with E-state index in [9.17, 15) is 4.79 Å². The van der Waals surface area contributed by atoms with E-state index in [0.29, 0.717) is 0 Å². The van der Waals surface area contributed by atoms with E-state index < -0.39 is 5.91 Å². The lowest BCUT2D eigenvalue weighted by atomic mass is 10.2. The van der Waals surface area contributed by atoms with Crippen molar-refractivity contribution in [3.63, 3.8) is 0 Å². The molecule has 0 radical (unpaired) electrons. The molecular formula is C14H12N4O. The van der Waals surface area contributed by atoms with Gasteiger partial charge in [-0.3, -0.25) is 9.78 Å². The molecule has 1 aromatic carbocycles. The fraction of sp³-hybridized carbons (Fsp3) is 0. The Morgan fingerprint density at radius 1 is 1.00 bits per heavy atom. The Labute approximate surface area is 110 Å². The van der Waals surface area contributed by atoms with Crippen molar-refractivity contribution in [1.29, 1.82) is 0 Å². The van der Waals surface area contributed by atoms with E-state index in [1.54, 1.807) is 18.6 Å². The zero-order valence-electron chi connectivity index (χ0n) is 10.1. The van der Waals surface area contributed by atoms with E-state index in [1.165, 1.54) is 0 Å². The summed E-state index contributed by atoms with van der Waals surface area (Å²) in [7, 11) is 0. The maximum atomic E-state index is 10.7. The molecule has 0 aliphatic carbocycles. The second-order valence-corrected chi connectivity index (χ2v) is 3.64. The number of carbonyl (C=O) groups is 1. The third kappa shape index (κ3) is 3.57. The Bertz CT molecular complexity index is 644. The van der Waals surface area contributed by atoms with Gasteiger partial charge in [-0.2, -0.15) is 0 Å². The van der Waals surface area contributed by atoms with Gasteiger partial charge < -0.3 is 5.73 Å². The van der Waals surface area contributed by atoms with E-state index >= 15 is 0 Å². The van der Waals surface area contributed by atoms with Gasteiger partial charge in [0, 0.05) is 24.0 Å². The standard InChI is InChI=1S/C9H7N3O.C5H5N/c10-8(13)9-11-5-6-3-1-2-4-7(6)12-9;1-2-4-6-5-3-1/h1-5H,(H2,10,13);1-5H. The Balaban J connectivity index is 0.000000186. The minimum atomic E-state index is -0.606. The molecule has 3 rings (SSSR count). The topological polar surface area (TPSA) is 81.8 Å². The summed E-state index contributed by atoms with van der Waals surface area (Å²) in [6.07, 6.45) is 5.09. The number of pyridine rings is 1. The number of nitrogens with zero attached hydrogens (tertiary/aromatic N) is 3. The minimum absolute atomic E-state index is 0.0544. The van der Waals surface area contributed by atoms with Crippen molar-refractivity contribution in [2.75, 3.05) is 0 Å². The van der Waals surface area contributed by atoms with Crippen molar-refractivity contribution < 1.29 is 4.79 Å². The second kappa shape index (κ2) is 6.20. The fourth-order valence-electron chi connectivity index (χ4n) is 1.40. The molecule has 0 saturated heterocycles. The van der Waals surface area contributed by atoms with E-state index in [2.05, 4.69) is 15.0 Å². The number of benzene rings is 1. The first-order valence-electron chi connectivity index (χ1n) is 5.64. The molecule has 0 saturated carbocycles. The summed E-state index contributed by atoms with van der Waals surface area (Å²) in [5.41, 5.74) is 5.77. The highest BCUT2D eigenvalue weighted by atomic mass is 16.1. The third-order valence-electron chi connectivity index (χ3n) is 2.28. The van der Waals surface area contributed by atoms with Gasteiger partial charge in [0.25, 0.3) is 5.91 Å². The maximum absolute atomic E-state index is 10.7. The van der Waals surface area contributed by atoms with Crippen LogP contribution in [0.1, 0.15) is 10.6 Å². The first-order valence-corrected chi connectivity index (χ1v) is 5.64. The molecule has 94 valence electrons. The van der Waals surface area contributed by atoms with Crippen molar-refractivity contribution in [3.05, 3.63) is 66.9 Å². The van der Waals surface area contributed by atoms with Crippen LogP contribution in [-0.4, -0.2) is 20.9 Å². The number of primary amides is 1. The Kier molecular flexibility index (Phi) is 4.12. The van der Waals surface area contributed by atoms with Crippen LogP contribution in [0.3, 0.4) is 0 Å². The van der Waals surface area contributed by atoms with Crippen molar-refractivity contribution in [1.82, 2.24) is 15.0 Å². The van der Waals surface area contributed by atoms with Crippen LogP contribution in [0.15, 0.2) is 61.1 Å². The van der Waals surface area contributed by atoms with Gasteiger partial charge in [-0.05, 0) is 18.2 Å². The number of rotatable bonds is 1. The lowest BCUT2D eigenvalue weighted by molar-refractivity contribution is 0.0991. The van der Waals surface area contributed by atoms with Crippen LogP contribution in [0, 0.1) is 0 Å². The number of para-hydroxylation sites is 1. The molecule has 1 amide bonds. The first kappa shape index (κ1) is 12.6. The molecule has 2 aromatic heterocycles. The molecule has 0 atom stereocenters. The average Bonchev–Trinajstić information content (AvgIpc) is 2.49. The molecule has 0 unspecified atom stereocenters. The molecule has 0 spiro atoms. The Hall–Kier alpha value is -2.82. The monoisotopic (exact) mass is 252 g/mol. The van der Waals surface area contributed by atoms with E-state index in [0.717, 1.165) is 10.9 Å². The molecule has 0 aliphatic rings. The number of amides is 1. The molecular weight excluding hydrogens is 240 g/mol. The van der Waals surface area contributed by atoms with E-state index in [-0.39, 0.29) is 5.82 Å². The fourth-order valence-corrected chi connectivity index (χ4v) is 1.40. The zero-order valence-corrected chi connectivity index (χ0v) is 10.1. The highest BCUT2D eigenvalue weighted by molar-refractivity contribution is 5.91. The summed E-state index contributed by atoms with van der Waals surface area (Å²) in [6.45, 7) is 0. The molecule has 0 aliphatic heterocycles. The van der Waals surface area contributed by atoms with Crippen LogP contribution in [-0.2, 0) is 0 Å². The Morgan fingerprint density at radius 3 is 2.32 bits per heavy atom. The summed E-state index contributed by atoms with van der Waals surface area (Å²) in [5.74, 6) is -0.551. The lowest BCUT2D eigenvalue weighted by Crippen LogP contribution is -2.14. The van der Waals surface area contributed by atoms with Gasteiger partial charge in [0.05, 0.1) is 5.52 Å². The largest absolute Gasteiger partial charge is 0.363 e. The quantitative estimate of drug-likeness (QED) is 0.716. The Morgan fingerprint density at radius 2 is 1.74 bits per heavy atom. The highest BCUT2D eigenvalue weighted by Gasteiger charge is 2.03. The summed E-state index contributed by atoms with van der Waals surface area (Å²) >= 11 is 0. The predicted molar refractivity (Wildman–Crippen MR) is 72.3 cm³/mol. The average molecular weight is 252 g/mol. The number of nitrogens with two attached hydrogens (primary N) is 1. The van der Waals surface area contributed by atoms with Crippen molar-refractivity contribution in [2.24, 2.45) is 5.73 Å². The number of hydrogen-bond donors (Lipinski definition) is 1. The lowest BCUT2D eigenvalue weighted by Gasteiger charge is -1.96. The predicted octanol–water partition coefficient (Wildman–Crippen LogP) is 1.81. The van der Waals surface area contributed by atoms with Gasteiger partial charge in [-0.15, -0.1) is 0 Å². The summed E-state index contributed by atoms with van der Waals surface area (Å²) in [4.78, 5) is 22.3. The van der Waals surface area contributed by atoms with Crippen LogP contribution in [0.4, 0.5) is 0 Å². The number of carbonyl (C=O) groups excluding carboxylic acids is 1. The molecule has 5 nitrogen and oxygen atoms in total. The van der Waals surface area contributed by atoms with Crippen LogP contribution in [0.25, 0.3) is 10.9 Å². The van der Waals surface area contributed by atoms with Crippen LogP contribution in [0.2, 0.25) is 0 Å². The van der Waals surface area contributed by atoms with Gasteiger partial charge in [0.1, 0.15) is 0 Å². The summed E-state index contributed by atoms with van der Waals surface area (Å²) in [5, 5.41) is 0.896. The van der Waals surface area contributed by atoms with Crippen molar-refractivity contribution in [3.8, 4) is 0 Å². The van der Waals surface area contributed by atoms with Crippen molar-refractivity contribution in [2.45, 2.75) is 0 Å². The van der Waals surface area contributed by atoms with Gasteiger partial charge in [-0.1, -0.05) is 24.3 Å². The van der Waals surface area contributed by atoms with Crippen LogP contribution >= 0.6 is 0 Å². The summed E-state index contributed by atoms with van der Waals surface area (Å²) < 4.78 is 0. The highest BCUT2D eigenvalue weighted by Crippen LogP contribution is 2.08. The summed E-state index contributed by atoms with van der Waals surface area (Å²) in [6, 6.07) is 13.1. The van der Waals surface area contributed by atoms with Gasteiger partial charge in [0.2, 0.25) is 5.82 Å². The normalized spacial score (nSPS) is 9.47. The van der Waals surface area contributed by atoms with Crippen LogP contribution in [0.5, 0.6) is 0 Å².